The zero-order valence-corrected chi connectivity index (χ0v) is 13.9. The summed E-state index contributed by atoms with van der Waals surface area (Å²) >= 11 is 0. The maximum atomic E-state index is 11.6. The van der Waals surface area contributed by atoms with Gasteiger partial charge in [0.15, 0.2) is 5.78 Å². The van der Waals surface area contributed by atoms with Crippen LogP contribution in [0.25, 0.3) is 0 Å². The molecule has 1 unspecified atom stereocenters. The minimum atomic E-state index is -0.578. The van der Waals surface area contributed by atoms with Crippen molar-refractivity contribution in [3.8, 4) is 5.75 Å². The normalized spacial score (nSPS) is 12.5. The van der Waals surface area contributed by atoms with Crippen LogP contribution in [-0.4, -0.2) is 42.8 Å². The summed E-state index contributed by atoms with van der Waals surface area (Å²) in [5.74, 6) is 0.630. The molecule has 0 heterocycles. The predicted octanol–water partition coefficient (Wildman–Crippen LogP) is 2.16. The Morgan fingerprint density at radius 3 is 2.68 bits per heavy atom. The van der Waals surface area contributed by atoms with Crippen LogP contribution in [-0.2, 0) is 11.3 Å². The van der Waals surface area contributed by atoms with Gasteiger partial charge in [0.2, 0.25) is 0 Å². The van der Waals surface area contributed by atoms with E-state index in [2.05, 4.69) is 5.32 Å². The SMILES string of the molecule is CCOCc1cc(OCC(O)CNC(C)C)ccc1C(C)=O. The summed E-state index contributed by atoms with van der Waals surface area (Å²) in [5.41, 5.74) is 1.45. The number of carbonyl (C=O) groups is 1. The molecule has 1 aromatic carbocycles. The van der Waals surface area contributed by atoms with Crippen LogP contribution in [0.3, 0.4) is 0 Å². The van der Waals surface area contributed by atoms with Crippen LogP contribution in [0.1, 0.15) is 43.6 Å². The maximum Gasteiger partial charge on any atom is 0.160 e. The van der Waals surface area contributed by atoms with E-state index in [1.165, 1.54) is 6.92 Å². The van der Waals surface area contributed by atoms with E-state index in [1.807, 2.05) is 20.8 Å². The van der Waals surface area contributed by atoms with Gasteiger partial charge in [-0.1, -0.05) is 13.8 Å². The molecule has 0 aromatic heterocycles. The van der Waals surface area contributed by atoms with Crippen LogP contribution >= 0.6 is 0 Å². The Morgan fingerprint density at radius 2 is 2.09 bits per heavy atom. The second-order valence-corrected chi connectivity index (χ2v) is 5.54. The van der Waals surface area contributed by atoms with Crippen LogP contribution in [0.4, 0.5) is 0 Å². The van der Waals surface area contributed by atoms with Crippen molar-refractivity contribution in [1.29, 1.82) is 0 Å². The van der Waals surface area contributed by atoms with Gasteiger partial charge < -0.3 is 19.9 Å². The lowest BCUT2D eigenvalue weighted by atomic mass is 10.0. The summed E-state index contributed by atoms with van der Waals surface area (Å²) in [6.07, 6.45) is -0.578. The van der Waals surface area contributed by atoms with Crippen LogP contribution in [0.5, 0.6) is 5.75 Å². The third kappa shape index (κ3) is 6.56. The average Bonchev–Trinajstić information content (AvgIpc) is 2.48. The molecule has 0 amide bonds. The molecular formula is C17H27NO4. The molecule has 1 atom stereocenters. The Kier molecular flexibility index (Phi) is 8.09. The second kappa shape index (κ2) is 9.56. The standard InChI is InChI=1S/C17H27NO4/c1-5-21-10-14-8-16(6-7-17(14)13(4)19)22-11-15(20)9-18-12(2)3/h6-8,12,15,18,20H,5,9-11H2,1-4H3. The Balaban J connectivity index is 2.65. The lowest BCUT2D eigenvalue weighted by molar-refractivity contribution is 0.0995. The molecule has 0 saturated carbocycles. The quantitative estimate of drug-likeness (QED) is 0.648. The summed E-state index contributed by atoms with van der Waals surface area (Å²) < 4.78 is 11.0. The number of carbonyl (C=O) groups excluding carboxylic acids is 1. The molecule has 0 spiro atoms. The first kappa shape index (κ1) is 18.6. The maximum absolute atomic E-state index is 11.6. The van der Waals surface area contributed by atoms with Gasteiger partial charge in [-0.05, 0) is 37.6 Å². The molecule has 0 aliphatic heterocycles. The summed E-state index contributed by atoms with van der Waals surface area (Å²) in [6, 6.07) is 5.61. The molecule has 22 heavy (non-hydrogen) atoms. The van der Waals surface area contributed by atoms with E-state index in [9.17, 15) is 9.90 Å². The predicted molar refractivity (Wildman–Crippen MR) is 86.4 cm³/mol. The molecule has 0 aliphatic carbocycles. The summed E-state index contributed by atoms with van der Waals surface area (Å²) in [6.45, 7) is 9.13. The minimum absolute atomic E-state index is 0.00224. The van der Waals surface area contributed by atoms with Gasteiger partial charge in [-0.3, -0.25) is 4.79 Å². The number of Topliss-reactive ketones (excluding diaryl/α,β-unsaturated/α-hetero) is 1. The zero-order chi connectivity index (χ0) is 16.5. The van der Waals surface area contributed by atoms with E-state index in [4.69, 9.17) is 9.47 Å². The van der Waals surface area contributed by atoms with Crippen LogP contribution in [0, 0.1) is 0 Å². The molecule has 1 rings (SSSR count). The molecule has 0 aliphatic rings. The number of ether oxygens (including phenoxy) is 2. The fourth-order valence-corrected chi connectivity index (χ4v) is 1.96. The molecule has 0 fully saturated rings. The second-order valence-electron chi connectivity index (χ2n) is 5.54. The molecular weight excluding hydrogens is 282 g/mol. The molecule has 0 radical (unpaired) electrons. The van der Waals surface area contributed by atoms with Crippen molar-refractivity contribution < 1.29 is 19.4 Å². The highest BCUT2D eigenvalue weighted by Crippen LogP contribution is 2.20. The first-order valence-corrected chi connectivity index (χ1v) is 7.69. The monoisotopic (exact) mass is 309 g/mol. The molecule has 2 N–H and O–H groups in total. The number of aliphatic hydroxyl groups is 1. The number of aliphatic hydroxyl groups excluding tert-OH is 1. The summed E-state index contributed by atoms with van der Waals surface area (Å²) in [7, 11) is 0. The van der Waals surface area contributed by atoms with Crippen LogP contribution in [0.2, 0.25) is 0 Å². The smallest absolute Gasteiger partial charge is 0.160 e. The van der Waals surface area contributed by atoms with Gasteiger partial charge >= 0.3 is 0 Å². The zero-order valence-electron chi connectivity index (χ0n) is 13.9. The van der Waals surface area contributed by atoms with Gasteiger partial charge in [0.1, 0.15) is 18.5 Å². The van der Waals surface area contributed by atoms with Crippen molar-refractivity contribution in [2.45, 2.75) is 46.4 Å². The van der Waals surface area contributed by atoms with E-state index in [0.717, 1.165) is 5.56 Å². The van der Waals surface area contributed by atoms with Crippen molar-refractivity contribution in [3.05, 3.63) is 29.3 Å². The van der Waals surface area contributed by atoms with Crippen molar-refractivity contribution >= 4 is 5.78 Å². The fraction of sp³-hybridized carbons (Fsp3) is 0.588. The summed E-state index contributed by atoms with van der Waals surface area (Å²) in [5, 5.41) is 13.0. The first-order valence-electron chi connectivity index (χ1n) is 7.69. The van der Waals surface area contributed by atoms with Crippen LogP contribution < -0.4 is 10.1 Å². The van der Waals surface area contributed by atoms with E-state index >= 15 is 0 Å². The van der Waals surface area contributed by atoms with E-state index < -0.39 is 6.10 Å². The number of nitrogens with one attached hydrogen (secondary N) is 1. The number of rotatable bonds is 10. The molecule has 5 heteroatoms. The number of hydrogen-bond acceptors (Lipinski definition) is 5. The van der Waals surface area contributed by atoms with E-state index in [0.29, 0.717) is 37.1 Å². The number of hydrogen-bond donors (Lipinski definition) is 2. The summed E-state index contributed by atoms with van der Waals surface area (Å²) in [4.78, 5) is 11.6. The van der Waals surface area contributed by atoms with E-state index in [-0.39, 0.29) is 12.4 Å². The Labute approximate surface area is 132 Å². The first-order chi connectivity index (χ1) is 10.4. The highest BCUT2D eigenvalue weighted by Gasteiger charge is 2.11. The molecule has 0 bridgehead atoms. The Bertz CT molecular complexity index is 474. The van der Waals surface area contributed by atoms with Crippen molar-refractivity contribution in [1.82, 2.24) is 5.32 Å². The van der Waals surface area contributed by atoms with Gasteiger partial charge in [-0.2, -0.15) is 0 Å². The van der Waals surface area contributed by atoms with Gasteiger partial charge in [-0.25, -0.2) is 0 Å². The highest BCUT2D eigenvalue weighted by atomic mass is 16.5. The molecule has 5 nitrogen and oxygen atoms in total. The lowest BCUT2D eigenvalue weighted by Gasteiger charge is -2.16. The van der Waals surface area contributed by atoms with Gasteiger partial charge in [0.25, 0.3) is 0 Å². The molecule has 0 saturated heterocycles. The topological polar surface area (TPSA) is 67.8 Å². The van der Waals surface area contributed by atoms with Gasteiger partial charge in [-0.15, -0.1) is 0 Å². The lowest BCUT2D eigenvalue weighted by Crippen LogP contribution is -2.35. The molecule has 124 valence electrons. The van der Waals surface area contributed by atoms with Gasteiger partial charge in [0, 0.05) is 24.8 Å². The Morgan fingerprint density at radius 1 is 1.36 bits per heavy atom. The minimum Gasteiger partial charge on any atom is -0.491 e. The van der Waals surface area contributed by atoms with Crippen LogP contribution in [0.15, 0.2) is 18.2 Å². The fourth-order valence-electron chi connectivity index (χ4n) is 1.96. The van der Waals surface area contributed by atoms with Crippen molar-refractivity contribution in [2.24, 2.45) is 0 Å². The molecule has 1 aromatic rings. The average molecular weight is 309 g/mol. The Hall–Kier alpha value is -1.43. The largest absolute Gasteiger partial charge is 0.491 e. The third-order valence-electron chi connectivity index (χ3n) is 3.12. The highest BCUT2D eigenvalue weighted by molar-refractivity contribution is 5.95. The number of benzene rings is 1. The van der Waals surface area contributed by atoms with Gasteiger partial charge in [0.05, 0.1) is 6.61 Å². The number of ketones is 1. The van der Waals surface area contributed by atoms with Crippen molar-refractivity contribution in [2.75, 3.05) is 19.8 Å². The van der Waals surface area contributed by atoms with E-state index in [1.54, 1.807) is 18.2 Å². The van der Waals surface area contributed by atoms with Crippen molar-refractivity contribution in [3.63, 3.8) is 0 Å². The third-order valence-corrected chi connectivity index (χ3v) is 3.12.